The highest BCUT2D eigenvalue weighted by Gasteiger charge is 2.15. The third-order valence-corrected chi connectivity index (χ3v) is 6.90. The average molecular weight is 489 g/mol. The number of hydrogen-bond acceptors (Lipinski definition) is 3. The predicted octanol–water partition coefficient (Wildman–Crippen LogP) is 9.56. The zero-order chi connectivity index (χ0) is 25.6. The Kier molecular flexibility index (Phi) is 11.8. The minimum Gasteiger partial charge on any atom is -0.494 e. The molecule has 0 aliphatic heterocycles. The summed E-state index contributed by atoms with van der Waals surface area (Å²) in [6.45, 7) is 7.73. The fraction of sp³-hybridized carbons (Fsp3) is 0.485. The summed E-state index contributed by atoms with van der Waals surface area (Å²) in [5.41, 5.74) is 1.85. The number of Topliss-reactive ketones (excluding diaryl/α,β-unsaturated/α-hetero) is 1. The smallest absolute Gasteiger partial charge is 0.165 e. The standard InChI is InChI=1S/C33H44O3/c1-4-6-8-10-12-23-35-30-21-22-31-29(24-30)15-13-16-32(31)36-25-27-17-19-28(20-18-27)33(34)26(3)14-11-9-7-5-2/h13,15-22,24,26H,4-12,14,23,25H2,1-3H3/t26-/m1/s1. The Balaban J connectivity index is 1.52. The van der Waals surface area contributed by atoms with Crippen LogP contribution in [-0.2, 0) is 6.61 Å². The van der Waals surface area contributed by atoms with Crippen molar-refractivity contribution < 1.29 is 14.3 Å². The van der Waals surface area contributed by atoms with E-state index in [9.17, 15) is 4.79 Å². The predicted molar refractivity (Wildman–Crippen MR) is 151 cm³/mol. The van der Waals surface area contributed by atoms with Crippen molar-refractivity contribution in [3.63, 3.8) is 0 Å². The van der Waals surface area contributed by atoms with Gasteiger partial charge in [-0.2, -0.15) is 0 Å². The largest absolute Gasteiger partial charge is 0.494 e. The van der Waals surface area contributed by atoms with Gasteiger partial charge in [-0.3, -0.25) is 4.79 Å². The SMILES string of the molecule is CCCCCCCOc1ccc2c(OCc3ccc(C(=O)[C@H](C)CCCCCC)cc3)cccc2c1. The molecule has 1 atom stereocenters. The number of rotatable bonds is 17. The quantitative estimate of drug-likeness (QED) is 0.140. The van der Waals surface area contributed by atoms with Gasteiger partial charge in [0.1, 0.15) is 18.1 Å². The molecule has 0 aliphatic carbocycles. The first-order valence-corrected chi connectivity index (χ1v) is 14.0. The van der Waals surface area contributed by atoms with Gasteiger partial charge in [-0.1, -0.05) is 109 Å². The Morgan fingerprint density at radius 1 is 0.778 bits per heavy atom. The van der Waals surface area contributed by atoms with Crippen molar-refractivity contribution in [2.75, 3.05) is 6.61 Å². The molecule has 0 amide bonds. The monoisotopic (exact) mass is 488 g/mol. The molecule has 36 heavy (non-hydrogen) atoms. The number of unbranched alkanes of at least 4 members (excludes halogenated alkanes) is 7. The van der Waals surface area contributed by atoms with Crippen LogP contribution >= 0.6 is 0 Å². The first kappa shape index (κ1) is 27.8. The lowest BCUT2D eigenvalue weighted by Gasteiger charge is -2.13. The van der Waals surface area contributed by atoms with Crippen LogP contribution in [0.4, 0.5) is 0 Å². The van der Waals surface area contributed by atoms with E-state index in [-0.39, 0.29) is 11.7 Å². The lowest BCUT2D eigenvalue weighted by atomic mass is 9.93. The molecule has 3 heteroatoms. The maximum Gasteiger partial charge on any atom is 0.165 e. The maximum absolute atomic E-state index is 12.8. The third kappa shape index (κ3) is 8.69. The molecule has 194 valence electrons. The fourth-order valence-electron chi connectivity index (χ4n) is 4.56. The normalized spacial score (nSPS) is 12.0. The van der Waals surface area contributed by atoms with Crippen LogP contribution in [-0.4, -0.2) is 12.4 Å². The molecular formula is C33H44O3. The second-order valence-corrected chi connectivity index (χ2v) is 10.0. The third-order valence-electron chi connectivity index (χ3n) is 6.90. The molecule has 0 aromatic heterocycles. The van der Waals surface area contributed by atoms with E-state index >= 15 is 0 Å². The first-order chi connectivity index (χ1) is 17.6. The molecular weight excluding hydrogens is 444 g/mol. The number of fused-ring (bicyclic) bond motifs is 1. The Labute approximate surface area is 218 Å². The molecule has 0 radical (unpaired) electrons. The number of benzene rings is 3. The summed E-state index contributed by atoms with van der Waals surface area (Å²) in [5.74, 6) is 2.09. The minimum absolute atomic E-state index is 0.0783. The van der Waals surface area contributed by atoms with Crippen molar-refractivity contribution in [2.24, 2.45) is 5.92 Å². The average Bonchev–Trinajstić information content (AvgIpc) is 2.91. The summed E-state index contributed by atoms with van der Waals surface area (Å²) < 4.78 is 12.2. The Morgan fingerprint density at radius 3 is 2.25 bits per heavy atom. The van der Waals surface area contributed by atoms with Gasteiger partial charge in [0.25, 0.3) is 0 Å². The summed E-state index contributed by atoms with van der Waals surface area (Å²) in [6.07, 6.45) is 12.0. The van der Waals surface area contributed by atoms with Gasteiger partial charge in [0.15, 0.2) is 5.78 Å². The van der Waals surface area contributed by atoms with E-state index in [1.807, 2.05) is 42.5 Å². The molecule has 0 heterocycles. The van der Waals surface area contributed by atoms with Gasteiger partial charge in [0, 0.05) is 16.9 Å². The molecule has 0 unspecified atom stereocenters. The molecule has 0 fully saturated rings. The maximum atomic E-state index is 12.8. The molecule has 0 saturated carbocycles. The van der Waals surface area contributed by atoms with Gasteiger partial charge in [0.2, 0.25) is 0 Å². The summed E-state index contributed by atoms with van der Waals surface area (Å²) in [7, 11) is 0. The van der Waals surface area contributed by atoms with Crippen molar-refractivity contribution in [3.8, 4) is 11.5 Å². The summed E-state index contributed by atoms with van der Waals surface area (Å²) >= 11 is 0. The van der Waals surface area contributed by atoms with Crippen LogP contribution in [0, 0.1) is 5.92 Å². The van der Waals surface area contributed by atoms with Crippen LogP contribution in [0.5, 0.6) is 11.5 Å². The molecule has 3 aromatic rings. The molecule has 3 nitrogen and oxygen atoms in total. The lowest BCUT2D eigenvalue weighted by molar-refractivity contribution is 0.0922. The minimum atomic E-state index is 0.0783. The van der Waals surface area contributed by atoms with Crippen LogP contribution in [0.25, 0.3) is 10.8 Å². The van der Waals surface area contributed by atoms with E-state index in [4.69, 9.17) is 9.47 Å². The van der Waals surface area contributed by atoms with Crippen molar-refractivity contribution in [1.82, 2.24) is 0 Å². The summed E-state index contributed by atoms with van der Waals surface area (Å²) in [4.78, 5) is 12.8. The van der Waals surface area contributed by atoms with Gasteiger partial charge in [-0.15, -0.1) is 0 Å². The fourth-order valence-corrected chi connectivity index (χ4v) is 4.56. The first-order valence-electron chi connectivity index (χ1n) is 14.0. The van der Waals surface area contributed by atoms with Crippen LogP contribution in [0.1, 0.15) is 101 Å². The number of hydrogen-bond donors (Lipinski definition) is 0. The van der Waals surface area contributed by atoms with Gasteiger partial charge >= 0.3 is 0 Å². The van der Waals surface area contributed by atoms with Crippen molar-refractivity contribution in [2.45, 2.75) is 91.6 Å². The second-order valence-electron chi connectivity index (χ2n) is 10.0. The van der Waals surface area contributed by atoms with Crippen LogP contribution in [0.15, 0.2) is 60.7 Å². The second kappa shape index (κ2) is 15.3. The van der Waals surface area contributed by atoms with Gasteiger partial charge in [-0.25, -0.2) is 0 Å². The number of carbonyl (C=O) groups is 1. The van der Waals surface area contributed by atoms with Crippen molar-refractivity contribution in [1.29, 1.82) is 0 Å². The van der Waals surface area contributed by atoms with E-state index in [1.165, 1.54) is 44.9 Å². The van der Waals surface area contributed by atoms with Gasteiger partial charge < -0.3 is 9.47 Å². The van der Waals surface area contributed by atoms with E-state index in [1.54, 1.807) is 0 Å². The van der Waals surface area contributed by atoms with E-state index < -0.39 is 0 Å². The Hall–Kier alpha value is -2.81. The highest BCUT2D eigenvalue weighted by atomic mass is 16.5. The lowest BCUT2D eigenvalue weighted by Crippen LogP contribution is -2.11. The van der Waals surface area contributed by atoms with Gasteiger partial charge in [-0.05, 0) is 48.1 Å². The summed E-state index contributed by atoms with van der Waals surface area (Å²) in [5, 5.41) is 2.20. The Morgan fingerprint density at radius 2 is 1.50 bits per heavy atom. The number of carbonyl (C=O) groups excluding carboxylic acids is 1. The molecule has 3 aromatic carbocycles. The molecule has 0 saturated heterocycles. The highest BCUT2D eigenvalue weighted by Crippen LogP contribution is 2.29. The van der Waals surface area contributed by atoms with Crippen LogP contribution in [0.2, 0.25) is 0 Å². The number of ketones is 1. The topological polar surface area (TPSA) is 35.5 Å². The van der Waals surface area contributed by atoms with E-state index in [0.29, 0.717) is 6.61 Å². The van der Waals surface area contributed by atoms with Crippen LogP contribution < -0.4 is 9.47 Å². The van der Waals surface area contributed by atoms with Crippen molar-refractivity contribution >= 4 is 16.6 Å². The van der Waals surface area contributed by atoms with Gasteiger partial charge in [0.05, 0.1) is 6.61 Å². The zero-order valence-corrected chi connectivity index (χ0v) is 22.6. The molecule has 0 N–H and O–H groups in total. The van der Waals surface area contributed by atoms with Crippen LogP contribution in [0.3, 0.4) is 0 Å². The Bertz CT molecular complexity index is 1050. The number of ether oxygens (including phenoxy) is 2. The van der Waals surface area contributed by atoms with Crippen molar-refractivity contribution in [3.05, 3.63) is 71.8 Å². The highest BCUT2D eigenvalue weighted by molar-refractivity contribution is 5.97. The zero-order valence-electron chi connectivity index (χ0n) is 22.6. The molecule has 0 aliphatic rings. The molecule has 3 rings (SSSR count). The van der Waals surface area contributed by atoms with E-state index in [2.05, 4.69) is 39.0 Å². The molecule has 0 spiro atoms. The molecule has 0 bridgehead atoms. The summed E-state index contributed by atoms with van der Waals surface area (Å²) in [6, 6.07) is 20.2. The van der Waals surface area contributed by atoms with E-state index in [0.717, 1.165) is 59.3 Å².